The highest BCUT2D eigenvalue weighted by Gasteiger charge is 2.32. The summed E-state index contributed by atoms with van der Waals surface area (Å²) in [6.07, 6.45) is 4.14. The molecule has 3 aromatic rings. The lowest BCUT2D eigenvalue weighted by Gasteiger charge is -2.17. The molecule has 160 valence electrons. The molecule has 1 atom stereocenters. The molecule has 0 fully saturated rings. The second-order valence-corrected chi connectivity index (χ2v) is 7.59. The lowest BCUT2D eigenvalue weighted by molar-refractivity contribution is -0.143. The van der Waals surface area contributed by atoms with Crippen molar-refractivity contribution >= 4 is 34.8 Å². The van der Waals surface area contributed by atoms with Gasteiger partial charge in [-0.15, -0.1) is 0 Å². The molecule has 1 aliphatic rings. The molecule has 0 saturated carbocycles. The Morgan fingerprint density at radius 1 is 1.13 bits per heavy atom. The van der Waals surface area contributed by atoms with E-state index in [2.05, 4.69) is 17.2 Å². The molecule has 6 heteroatoms. The third-order valence-electron chi connectivity index (χ3n) is 5.58. The molecule has 1 unspecified atom stereocenters. The van der Waals surface area contributed by atoms with Crippen LogP contribution in [0.2, 0.25) is 0 Å². The normalized spacial score (nSPS) is 15.4. The predicted molar refractivity (Wildman–Crippen MR) is 123 cm³/mol. The number of anilines is 1. The first-order valence-electron chi connectivity index (χ1n) is 10.8. The molecule has 31 heavy (non-hydrogen) atoms. The maximum absolute atomic E-state index is 13.6. The number of aryl methyl sites for hydroxylation is 1. The van der Waals surface area contributed by atoms with Crippen molar-refractivity contribution in [2.75, 3.05) is 18.5 Å². The summed E-state index contributed by atoms with van der Waals surface area (Å²) >= 11 is 0. The molecule has 0 saturated heterocycles. The van der Waals surface area contributed by atoms with Crippen LogP contribution in [0.1, 0.15) is 43.0 Å². The molecule has 2 aromatic carbocycles. The zero-order chi connectivity index (χ0) is 21.8. The number of carbonyl (C=O) groups excluding carboxylic acids is 2. The van der Waals surface area contributed by atoms with Crippen LogP contribution in [0.5, 0.6) is 0 Å². The molecular formula is C25H27N3O3. The molecule has 2 heterocycles. The minimum absolute atomic E-state index is 0.273. The van der Waals surface area contributed by atoms with Gasteiger partial charge in [0.05, 0.1) is 17.8 Å². The van der Waals surface area contributed by atoms with Gasteiger partial charge in [-0.05, 0) is 43.0 Å². The van der Waals surface area contributed by atoms with Crippen molar-refractivity contribution in [2.45, 2.75) is 39.0 Å². The van der Waals surface area contributed by atoms with Gasteiger partial charge in [-0.2, -0.15) is 0 Å². The van der Waals surface area contributed by atoms with Crippen molar-refractivity contribution in [3.05, 3.63) is 65.4 Å². The molecule has 0 spiro atoms. The Morgan fingerprint density at radius 2 is 1.90 bits per heavy atom. The second kappa shape index (κ2) is 9.16. The van der Waals surface area contributed by atoms with Gasteiger partial charge in [0.1, 0.15) is 5.92 Å². The van der Waals surface area contributed by atoms with E-state index in [1.807, 2.05) is 48.5 Å². The monoisotopic (exact) mass is 417 g/mol. The van der Waals surface area contributed by atoms with Gasteiger partial charge in [-0.25, -0.2) is 4.79 Å². The zero-order valence-corrected chi connectivity index (χ0v) is 17.9. The van der Waals surface area contributed by atoms with Crippen LogP contribution in [0.3, 0.4) is 0 Å². The van der Waals surface area contributed by atoms with E-state index >= 15 is 0 Å². The van der Waals surface area contributed by atoms with Crippen molar-refractivity contribution in [2.24, 2.45) is 4.99 Å². The van der Waals surface area contributed by atoms with Gasteiger partial charge >= 0.3 is 12.0 Å². The summed E-state index contributed by atoms with van der Waals surface area (Å²) in [6.45, 7) is 4.73. The first-order valence-corrected chi connectivity index (χ1v) is 10.8. The molecule has 1 amide bonds. The molecule has 0 aliphatic carbocycles. The number of nitrogens with one attached hydrogen (secondary N) is 1. The lowest BCUT2D eigenvalue weighted by Crippen LogP contribution is -2.27. The van der Waals surface area contributed by atoms with E-state index in [-0.39, 0.29) is 12.6 Å². The van der Waals surface area contributed by atoms with E-state index in [4.69, 9.17) is 4.74 Å². The van der Waals surface area contributed by atoms with Gasteiger partial charge in [0.25, 0.3) is 0 Å². The summed E-state index contributed by atoms with van der Waals surface area (Å²) in [6, 6.07) is 15.3. The Morgan fingerprint density at radius 3 is 2.71 bits per heavy atom. The number of esters is 1. The van der Waals surface area contributed by atoms with E-state index in [1.54, 1.807) is 17.7 Å². The smallest absolute Gasteiger partial charge is 0.330 e. The average Bonchev–Trinajstić information content (AvgIpc) is 2.93. The third kappa shape index (κ3) is 3.98. The summed E-state index contributed by atoms with van der Waals surface area (Å²) in [7, 11) is 0. The van der Waals surface area contributed by atoms with Crippen molar-refractivity contribution in [3.8, 4) is 0 Å². The number of para-hydroxylation sites is 2. The van der Waals surface area contributed by atoms with Gasteiger partial charge in [0.15, 0.2) is 0 Å². The Hall–Kier alpha value is -3.41. The van der Waals surface area contributed by atoms with Crippen LogP contribution in [0, 0.1) is 0 Å². The Balaban J connectivity index is 1.85. The summed E-state index contributed by atoms with van der Waals surface area (Å²) in [5.41, 5.74) is 4.28. The molecule has 1 N–H and O–H groups in total. The standard InChI is InChI=1S/C25H27N3O3/c1-3-9-17-10-5-7-12-21(17)27-25(30)28-22-13-8-6-11-18(22)19-14-15-26-16-20(23(19)28)24(29)31-4-2/h5-8,10-13,16,20H,3-4,9,14-15H2,1-2H3,(H,27,30). The van der Waals surface area contributed by atoms with Crippen LogP contribution in [-0.2, 0) is 22.4 Å². The van der Waals surface area contributed by atoms with Crippen LogP contribution in [0.15, 0.2) is 53.5 Å². The Kier molecular flexibility index (Phi) is 6.16. The number of fused-ring (bicyclic) bond motifs is 3. The minimum atomic E-state index is -0.721. The maximum Gasteiger partial charge on any atom is 0.330 e. The highest BCUT2D eigenvalue weighted by atomic mass is 16.5. The molecule has 1 aromatic heterocycles. The molecule has 0 bridgehead atoms. The number of ether oxygens (including phenoxy) is 1. The number of benzene rings is 2. The van der Waals surface area contributed by atoms with E-state index < -0.39 is 11.9 Å². The maximum atomic E-state index is 13.6. The largest absolute Gasteiger partial charge is 0.465 e. The first-order chi connectivity index (χ1) is 15.2. The van der Waals surface area contributed by atoms with Crippen molar-refractivity contribution in [3.63, 3.8) is 0 Å². The van der Waals surface area contributed by atoms with Crippen LogP contribution >= 0.6 is 0 Å². The number of aliphatic imine (C=N–C) groups is 1. The molecule has 1 aliphatic heterocycles. The van der Waals surface area contributed by atoms with Crippen LogP contribution < -0.4 is 5.32 Å². The fraction of sp³-hybridized carbons (Fsp3) is 0.320. The van der Waals surface area contributed by atoms with Gasteiger partial charge in [0.2, 0.25) is 0 Å². The quantitative estimate of drug-likeness (QED) is 0.597. The van der Waals surface area contributed by atoms with Crippen LogP contribution in [0.4, 0.5) is 10.5 Å². The van der Waals surface area contributed by atoms with E-state index in [0.717, 1.165) is 40.6 Å². The Bertz CT molecular complexity index is 1150. The van der Waals surface area contributed by atoms with Crippen molar-refractivity contribution < 1.29 is 14.3 Å². The van der Waals surface area contributed by atoms with Gasteiger partial charge in [-0.3, -0.25) is 14.4 Å². The molecule has 6 nitrogen and oxygen atoms in total. The topological polar surface area (TPSA) is 72.7 Å². The van der Waals surface area contributed by atoms with Crippen LogP contribution in [-0.4, -0.2) is 35.9 Å². The predicted octanol–water partition coefficient (Wildman–Crippen LogP) is 4.95. The summed E-state index contributed by atoms with van der Waals surface area (Å²) < 4.78 is 6.95. The minimum Gasteiger partial charge on any atom is -0.465 e. The number of nitrogens with zero attached hydrogens (tertiary/aromatic N) is 2. The number of amides is 1. The van der Waals surface area contributed by atoms with E-state index in [9.17, 15) is 9.59 Å². The number of rotatable bonds is 5. The van der Waals surface area contributed by atoms with Crippen molar-refractivity contribution in [1.82, 2.24) is 4.57 Å². The SMILES string of the molecule is CCCc1ccccc1NC(=O)n1c2c(c3ccccc31)CCN=CC2C(=O)OCC. The Labute approximate surface area is 181 Å². The molecule has 0 radical (unpaired) electrons. The van der Waals surface area contributed by atoms with E-state index in [0.29, 0.717) is 18.7 Å². The number of hydrogen-bond donors (Lipinski definition) is 1. The highest BCUT2D eigenvalue weighted by molar-refractivity contribution is 6.05. The fourth-order valence-electron chi connectivity index (χ4n) is 4.27. The molecule has 4 rings (SSSR count). The summed E-state index contributed by atoms with van der Waals surface area (Å²) in [5, 5.41) is 4.05. The van der Waals surface area contributed by atoms with Gasteiger partial charge in [0, 0.05) is 23.8 Å². The van der Waals surface area contributed by atoms with Crippen molar-refractivity contribution in [1.29, 1.82) is 0 Å². The van der Waals surface area contributed by atoms with Gasteiger partial charge in [-0.1, -0.05) is 49.7 Å². The number of carbonyl (C=O) groups is 2. The third-order valence-corrected chi connectivity index (χ3v) is 5.58. The highest BCUT2D eigenvalue weighted by Crippen LogP contribution is 2.34. The fourth-order valence-corrected chi connectivity index (χ4v) is 4.27. The average molecular weight is 418 g/mol. The first kappa shape index (κ1) is 20.8. The number of hydrogen-bond acceptors (Lipinski definition) is 4. The van der Waals surface area contributed by atoms with E-state index in [1.165, 1.54) is 0 Å². The van der Waals surface area contributed by atoms with Crippen LogP contribution in [0.25, 0.3) is 10.9 Å². The molecular weight excluding hydrogens is 390 g/mol. The second-order valence-electron chi connectivity index (χ2n) is 7.59. The summed E-state index contributed by atoms with van der Waals surface area (Å²) in [5.74, 6) is -1.11. The lowest BCUT2D eigenvalue weighted by atomic mass is 10.00. The summed E-state index contributed by atoms with van der Waals surface area (Å²) in [4.78, 5) is 30.8. The van der Waals surface area contributed by atoms with Gasteiger partial charge < -0.3 is 10.1 Å². The number of aromatic nitrogens is 1. The zero-order valence-electron chi connectivity index (χ0n) is 17.9.